The van der Waals surface area contributed by atoms with Gasteiger partial charge in [0, 0.05) is 23.2 Å². The first kappa shape index (κ1) is 31.1. The molecule has 13 heteroatoms. The van der Waals surface area contributed by atoms with Crippen molar-refractivity contribution in [1.29, 1.82) is 5.26 Å². The summed E-state index contributed by atoms with van der Waals surface area (Å²) in [6, 6.07) is 18.4. The second-order valence-corrected chi connectivity index (χ2v) is 13.0. The van der Waals surface area contributed by atoms with Crippen LogP contribution in [0.25, 0.3) is 0 Å². The maximum absolute atomic E-state index is 14.0. The van der Waals surface area contributed by atoms with Crippen LogP contribution >= 0.6 is 0 Å². The molecule has 3 aromatic carbocycles. The van der Waals surface area contributed by atoms with Crippen LogP contribution < -0.4 is 16.8 Å². The number of primary amides is 2. The van der Waals surface area contributed by atoms with E-state index in [4.69, 9.17) is 11.5 Å². The lowest BCUT2D eigenvalue weighted by molar-refractivity contribution is -0.131. The van der Waals surface area contributed by atoms with Crippen LogP contribution in [0, 0.1) is 23.1 Å². The lowest BCUT2D eigenvalue weighted by Crippen LogP contribution is -2.48. The first-order valence-electron chi connectivity index (χ1n) is 16.0. The number of piperidine rings is 1. The number of likely N-dealkylation sites (tertiary alicyclic amines) is 1. The zero-order chi connectivity index (χ0) is 33.6. The molecule has 2 heterocycles. The maximum atomic E-state index is 14.0. The van der Waals surface area contributed by atoms with Gasteiger partial charge in [0.25, 0.3) is 0 Å². The van der Waals surface area contributed by atoms with Gasteiger partial charge in [-0.25, -0.2) is 9.49 Å². The van der Waals surface area contributed by atoms with Crippen LogP contribution in [0.4, 0.5) is 4.39 Å². The number of hydrogen-bond acceptors (Lipinski definition) is 8. The third-order valence-corrected chi connectivity index (χ3v) is 10.1. The van der Waals surface area contributed by atoms with Crippen LogP contribution in [0.3, 0.4) is 0 Å². The van der Waals surface area contributed by atoms with Crippen molar-refractivity contribution in [2.24, 2.45) is 17.4 Å². The Labute approximate surface area is 275 Å². The van der Waals surface area contributed by atoms with Crippen LogP contribution in [-0.2, 0) is 29.5 Å². The number of hydrogen-bond donors (Lipinski definition) is 4. The molecule has 1 saturated carbocycles. The number of aromatic amines is 1. The van der Waals surface area contributed by atoms with Crippen molar-refractivity contribution < 1.29 is 18.8 Å². The number of nitrogens with zero attached hydrogens (tertiary/aromatic N) is 5. The van der Waals surface area contributed by atoms with E-state index in [0.717, 1.165) is 34.2 Å². The van der Waals surface area contributed by atoms with E-state index in [-0.39, 0.29) is 24.3 Å². The van der Waals surface area contributed by atoms with Gasteiger partial charge in [0.05, 0.1) is 18.0 Å². The Bertz CT molecular complexity index is 1870. The molecule has 2 fully saturated rings. The lowest BCUT2D eigenvalue weighted by atomic mass is 9.67. The molecule has 2 aliphatic carbocycles. The van der Waals surface area contributed by atoms with Crippen molar-refractivity contribution in [3.63, 3.8) is 0 Å². The van der Waals surface area contributed by atoms with E-state index in [1.807, 2.05) is 12.1 Å². The minimum atomic E-state index is -1.07. The van der Waals surface area contributed by atoms with E-state index in [0.29, 0.717) is 55.0 Å². The van der Waals surface area contributed by atoms with E-state index in [9.17, 15) is 24.0 Å². The van der Waals surface area contributed by atoms with E-state index in [2.05, 4.69) is 32.0 Å². The molecular weight excluding hydrogens is 613 g/mol. The monoisotopic (exact) mass is 647 g/mol. The summed E-state index contributed by atoms with van der Waals surface area (Å²) in [4.78, 5) is 39.9. The highest BCUT2D eigenvalue weighted by molar-refractivity contribution is 5.94. The van der Waals surface area contributed by atoms with Crippen LogP contribution in [0.5, 0.6) is 0 Å². The predicted molar refractivity (Wildman–Crippen MR) is 171 cm³/mol. The molecule has 48 heavy (non-hydrogen) atoms. The van der Waals surface area contributed by atoms with Gasteiger partial charge < -0.3 is 21.7 Å². The number of amides is 3. The Morgan fingerprint density at radius 1 is 1.00 bits per heavy atom. The van der Waals surface area contributed by atoms with Gasteiger partial charge in [-0.1, -0.05) is 24.3 Å². The summed E-state index contributed by atoms with van der Waals surface area (Å²) in [6.07, 6.45) is 3.38. The molecule has 0 radical (unpaired) electrons. The lowest BCUT2D eigenvalue weighted by Gasteiger charge is -2.38. The summed E-state index contributed by atoms with van der Waals surface area (Å²) in [5.74, 6) is -0.830. The number of rotatable bonds is 10. The molecule has 244 valence electrons. The maximum Gasteiger partial charge on any atom is 0.248 e. The quantitative estimate of drug-likeness (QED) is 0.201. The number of aryl methyl sites for hydroxylation is 2. The molecule has 6 N–H and O–H groups in total. The summed E-state index contributed by atoms with van der Waals surface area (Å²) in [6.45, 7) is -0.0149. The molecular formula is C35H34FN9O3. The number of halogens is 1. The molecule has 0 spiro atoms. The zero-order valence-corrected chi connectivity index (χ0v) is 26.0. The van der Waals surface area contributed by atoms with Crippen LogP contribution in [-0.4, -0.2) is 67.9 Å². The first-order valence-corrected chi connectivity index (χ1v) is 16.0. The Hall–Kier alpha value is -5.48. The predicted octanol–water partition coefficient (Wildman–Crippen LogP) is 2.07. The van der Waals surface area contributed by atoms with Gasteiger partial charge in [0.1, 0.15) is 11.9 Å². The molecule has 1 saturated heterocycles. The van der Waals surface area contributed by atoms with Gasteiger partial charge in [0.2, 0.25) is 17.7 Å². The van der Waals surface area contributed by atoms with Gasteiger partial charge in [-0.3, -0.25) is 14.4 Å². The second-order valence-electron chi connectivity index (χ2n) is 13.0. The number of fused-ring (bicyclic) bond motifs is 3. The van der Waals surface area contributed by atoms with Crippen molar-refractivity contribution in [3.05, 3.63) is 111 Å². The molecule has 4 atom stereocenters. The minimum Gasteiger partial charge on any atom is -0.366 e. The Balaban J connectivity index is 1.35. The fraction of sp³-hybridized carbons (Fsp3) is 0.343. The number of H-pyrrole nitrogens is 1. The smallest absolute Gasteiger partial charge is 0.248 e. The van der Waals surface area contributed by atoms with E-state index < -0.39 is 29.3 Å². The summed E-state index contributed by atoms with van der Waals surface area (Å²) in [7, 11) is 0. The number of nitriles is 1. The third-order valence-electron chi connectivity index (χ3n) is 10.1. The third kappa shape index (κ3) is 5.58. The largest absolute Gasteiger partial charge is 0.366 e. The number of benzene rings is 3. The number of carbonyl (C=O) groups excluding carboxylic acids is 3. The van der Waals surface area contributed by atoms with Crippen molar-refractivity contribution in [2.45, 2.75) is 62.1 Å². The number of nitrogens with two attached hydrogens (primary N) is 2. The molecule has 12 nitrogen and oxygen atoms in total. The highest BCUT2D eigenvalue weighted by atomic mass is 19.1. The van der Waals surface area contributed by atoms with Crippen LogP contribution in [0.15, 0.2) is 60.7 Å². The molecule has 1 aliphatic heterocycles. The molecule has 3 amide bonds. The molecule has 7 rings (SSSR count). The summed E-state index contributed by atoms with van der Waals surface area (Å²) >= 11 is 0. The molecule has 3 aliphatic rings. The topological polar surface area (TPSA) is 197 Å². The second kappa shape index (κ2) is 12.3. The summed E-state index contributed by atoms with van der Waals surface area (Å²) in [5.41, 5.74) is 15.2. The Morgan fingerprint density at radius 3 is 2.21 bits per heavy atom. The highest BCUT2D eigenvalue weighted by Gasteiger charge is 2.54. The Morgan fingerprint density at radius 2 is 1.65 bits per heavy atom. The SMILES string of the molecule is N#C[C@@H]1C[C@@H]2C[C@@H]2N1C(=O)CN[C@H](Cc1ccc(F)cc1)CC1(c2nnn[nH]2)c2ccc(C(N)=O)cc2CCc2cc(C(N)=O)ccc21. The number of tetrazole rings is 1. The van der Waals surface area contributed by atoms with E-state index >= 15 is 0 Å². The molecule has 0 bridgehead atoms. The van der Waals surface area contributed by atoms with Crippen molar-refractivity contribution in [1.82, 2.24) is 30.8 Å². The Kier molecular flexibility index (Phi) is 7.96. The van der Waals surface area contributed by atoms with Gasteiger partial charge in [-0.05, 0) is 119 Å². The normalized spacial score (nSPS) is 20.8. The first-order chi connectivity index (χ1) is 23.2. The van der Waals surface area contributed by atoms with Gasteiger partial charge in [-0.15, -0.1) is 5.10 Å². The van der Waals surface area contributed by atoms with Crippen molar-refractivity contribution >= 4 is 17.7 Å². The van der Waals surface area contributed by atoms with Crippen molar-refractivity contribution in [3.8, 4) is 6.07 Å². The average molecular weight is 648 g/mol. The summed E-state index contributed by atoms with van der Waals surface area (Å²) in [5, 5.41) is 28.5. The fourth-order valence-electron chi connectivity index (χ4n) is 7.81. The number of nitrogens with one attached hydrogen (secondary N) is 2. The van der Waals surface area contributed by atoms with Gasteiger partial charge in [0.15, 0.2) is 5.82 Å². The molecule has 4 aromatic rings. The van der Waals surface area contributed by atoms with E-state index in [1.165, 1.54) is 12.1 Å². The van der Waals surface area contributed by atoms with Gasteiger partial charge >= 0.3 is 0 Å². The fourth-order valence-corrected chi connectivity index (χ4v) is 7.81. The van der Waals surface area contributed by atoms with Crippen LogP contribution in [0.2, 0.25) is 0 Å². The summed E-state index contributed by atoms with van der Waals surface area (Å²) < 4.78 is 14.0. The molecule has 0 unspecified atom stereocenters. The number of carbonyl (C=O) groups is 3. The standard InChI is InChI=1S/C35H34FN9O3/c36-25-7-1-19(2-8-25)11-26(40-18-31(46)45-27(17-37)14-24-15-30(24)45)16-35(34-41-43-44-42-34)28-9-5-22(32(38)47)12-20(28)3-4-21-13-23(33(39)48)6-10-29(21)35/h1-2,5-10,12-13,24,26-27,30,40H,3-4,11,14-16,18H2,(H2,38,47)(H2,39,48)(H,41,42,43,44)/t24-,26-,27+,30+/m1/s1. The number of aromatic nitrogens is 4. The zero-order valence-electron chi connectivity index (χ0n) is 26.0. The average Bonchev–Trinajstić information content (AvgIpc) is 3.46. The minimum absolute atomic E-state index is 0.0149. The highest BCUT2D eigenvalue weighted by Crippen LogP contribution is 2.48. The van der Waals surface area contributed by atoms with Gasteiger partial charge in [-0.2, -0.15) is 5.26 Å². The van der Waals surface area contributed by atoms with E-state index in [1.54, 1.807) is 41.3 Å². The van der Waals surface area contributed by atoms with Crippen molar-refractivity contribution in [2.75, 3.05) is 6.54 Å². The molecule has 1 aromatic heterocycles. The van der Waals surface area contributed by atoms with Crippen LogP contribution in [0.1, 0.15) is 73.6 Å².